The highest BCUT2D eigenvalue weighted by molar-refractivity contribution is 6.05. The van der Waals surface area contributed by atoms with Crippen molar-refractivity contribution in [1.82, 2.24) is 5.32 Å². The molecule has 0 saturated heterocycles. The third-order valence-corrected chi connectivity index (χ3v) is 4.21. The summed E-state index contributed by atoms with van der Waals surface area (Å²) < 4.78 is 17.9. The van der Waals surface area contributed by atoms with Crippen molar-refractivity contribution in [2.45, 2.75) is 18.9 Å². The third-order valence-electron chi connectivity index (χ3n) is 4.21. The van der Waals surface area contributed by atoms with Crippen molar-refractivity contribution in [1.29, 1.82) is 0 Å². The van der Waals surface area contributed by atoms with Gasteiger partial charge in [-0.05, 0) is 35.4 Å². The number of fused-ring (bicyclic) bond motifs is 1. The summed E-state index contributed by atoms with van der Waals surface area (Å²) in [4.78, 5) is 35.6. The number of benzene rings is 2. The quantitative estimate of drug-likeness (QED) is 0.770. The van der Waals surface area contributed by atoms with Gasteiger partial charge in [-0.15, -0.1) is 0 Å². The van der Waals surface area contributed by atoms with Gasteiger partial charge in [-0.25, -0.2) is 9.18 Å². The van der Waals surface area contributed by atoms with Crippen LogP contribution >= 0.6 is 0 Å². The number of carbonyl (C=O) groups excluding carboxylic acids is 3. The van der Waals surface area contributed by atoms with Crippen LogP contribution in [0, 0.1) is 5.82 Å². The van der Waals surface area contributed by atoms with Gasteiger partial charge < -0.3 is 20.7 Å². The molecule has 0 bridgehead atoms. The van der Waals surface area contributed by atoms with Gasteiger partial charge in [0.05, 0.1) is 13.0 Å². The zero-order chi connectivity index (χ0) is 19.4. The van der Waals surface area contributed by atoms with Crippen LogP contribution in [0.3, 0.4) is 0 Å². The van der Waals surface area contributed by atoms with Crippen LogP contribution in [-0.4, -0.2) is 25.0 Å². The number of amides is 3. The van der Waals surface area contributed by atoms with Crippen molar-refractivity contribution in [3.8, 4) is 0 Å². The number of hydrogen-bond acceptors (Lipinski definition) is 4. The number of ether oxygens (including phenoxy) is 1. The Morgan fingerprint density at radius 1 is 1.22 bits per heavy atom. The Kier molecular flexibility index (Phi) is 5.35. The first-order valence-corrected chi connectivity index (χ1v) is 8.27. The van der Waals surface area contributed by atoms with Gasteiger partial charge in [0.25, 0.3) is 0 Å². The molecule has 0 saturated carbocycles. The van der Waals surface area contributed by atoms with E-state index >= 15 is 0 Å². The van der Waals surface area contributed by atoms with E-state index in [9.17, 15) is 18.8 Å². The summed E-state index contributed by atoms with van der Waals surface area (Å²) in [6.45, 7) is 0.294. The van der Waals surface area contributed by atoms with Gasteiger partial charge in [-0.1, -0.05) is 18.2 Å². The van der Waals surface area contributed by atoms with E-state index < -0.39 is 17.8 Å². The van der Waals surface area contributed by atoms with Gasteiger partial charge in [0.15, 0.2) is 0 Å². The number of alkyl carbamates (subject to hydrolysis) is 1. The summed E-state index contributed by atoms with van der Waals surface area (Å²) in [5.74, 6) is -1.86. The fourth-order valence-corrected chi connectivity index (χ4v) is 2.85. The number of hydrogen-bond donors (Lipinski definition) is 3. The zero-order valence-corrected chi connectivity index (χ0v) is 14.5. The molecule has 0 unspecified atom stereocenters. The largest absolute Gasteiger partial charge is 0.453 e. The van der Waals surface area contributed by atoms with E-state index in [0.29, 0.717) is 23.5 Å². The van der Waals surface area contributed by atoms with Gasteiger partial charge in [0.1, 0.15) is 5.82 Å². The van der Waals surface area contributed by atoms with Crippen LogP contribution in [0.25, 0.3) is 0 Å². The number of anilines is 2. The van der Waals surface area contributed by atoms with Crippen molar-refractivity contribution in [3.63, 3.8) is 0 Å². The van der Waals surface area contributed by atoms with E-state index in [1.165, 1.54) is 25.3 Å². The summed E-state index contributed by atoms with van der Waals surface area (Å²) >= 11 is 0. The molecule has 0 aromatic heterocycles. The summed E-state index contributed by atoms with van der Waals surface area (Å²) in [5.41, 5.74) is 2.27. The number of rotatable bonds is 4. The average Bonchev–Trinajstić information content (AvgIpc) is 2.66. The first-order valence-electron chi connectivity index (χ1n) is 8.27. The van der Waals surface area contributed by atoms with Crippen LogP contribution in [0.15, 0.2) is 42.5 Å². The molecule has 0 radical (unpaired) electrons. The van der Waals surface area contributed by atoms with Crippen molar-refractivity contribution in [3.05, 3.63) is 59.4 Å². The maximum Gasteiger partial charge on any atom is 0.407 e. The normalized spacial score (nSPS) is 15.3. The van der Waals surface area contributed by atoms with Crippen LogP contribution in [-0.2, 0) is 20.9 Å². The summed E-state index contributed by atoms with van der Waals surface area (Å²) in [7, 11) is 1.28. The Labute approximate surface area is 154 Å². The predicted octanol–water partition coefficient (Wildman–Crippen LogP) is 2.75. The van der Waals surface area contributed by atoms with E-state index in [1.54, 1.807) is 24.3 Å². The van der Waals surface area contributed by atoms with Crippen molar-refractivity contribution in [2.24, 2.45) is 0 Å². The van der Waals surface area contributed by atoms with Crippen LogP contribution in [0.4, 0.5) is 20.6 Å². The standard InChI is InChI=1S/C19H18FN3O4/c1-27-19(26)21-10-11-2-5-13(6-3-11)22-18(25)15-9-17(24)23-16-8-12(20)4-7-14(15)16/h2-8,15H,9-10H2,1H3,(H,21,26)(H,22,25)(H,23,24)/t15-/m1/s1. The van der Waals surface area contributed by atoms with Crippen molar-refractivity contribution in [2.75, 3.05) is 17.7 Å². The fraction of sp³-hybridized carbons (Fsp3) is 0.211. The highest BCUT2D eigenvalue weighted by atomic mass is 19.1. The molecule has 1 atom stereocenters. The highest BCUT2D eigenvalue weighted by Crippen LogP contribution is 2.33. The predicted molar refractivity (Wildman–Crippen MR) is 96.7 cm³/mol. The molecule has 7 nitrogen and oxygen atoms in total. The van der Waals surface area contributed by atoms with Gasteiger partial charge in [-0.2, -0.15) is 0 Å². The molecule has 27 heavy (non-hydrogen) atoms. The second kappa shape index (κ2) is 7.86. The van der Waals surface area contributed by atoms with E-state index in [0.717, 1.165) is 5.56 Å². The molecule has 0 fully saturated rings. The molecule has 3 N–H and O–H groups in total. The Balaban J connectivity index is 1.69. The minimum atomic E-state index is -0.699. The lowest BCUT2D eigenvalue weighted by molar-refractivity contribution is -0.123. The van der Waals surface area contributed by atoms with Gasteiger partial charge >= 0.3 is 6.09 Å². The van der Waals surface area contributed by atoms with Crippen molar-refractivity contribution < 1.29 is 23.5 Å². The first kappa shape index (κ1) is 18.4. The molecule has 8 heteroatoms. The number of methoxy groups -OCH3 is 1. The SMILES string of the molecule is COC(=O)NCc1ccc(NC(=O)[C@@H]2CC(=O)Nc3cc(F)ccc32)cc1. The first-order chi connectivity index (χ1) is 13.0. The number of nitrogens with one attached hydrogen (secondary N) is 3. The van der Waals surface area contributed by atoms with Crippen LogP contribution in [0.2, 0.25) is 0 Å². The lowest BCUT2D eigenvalue weighted by atomic mass is 9.89. The van der Waals surface area contributed by atoms with Gasteiger partial charge in [0.2, 0.25) is 11.8 Å². The average molecular weight is 371 g/mol. The smallest absolute Gasteiger partial charge is 0.407 e. The molecule has 140 valence electrons. The van der Waals surface area contributed by atoms with Gasteiger partial charge in [0, 0.05) is 24.3 Å². The molecule has 0 aliphatic carbocycles. The molecule has 1 aliphatic rings. The molecule has 1 heterocycles. The van der Waals surface area contributed by atoms with Crippen LogP contribution < -0.4 is 16.0 Å². The van der Waals surface area contributed by atoms with E-state index in [1.807, 2.05) is 0 Å². The molecule has 0 spiro atoms. The van der Waals surface area contributed by atoms with E-state index in [4.69, 9.17) is 0 Å². The second-order valence-corrected chi connectivity index (χ2v) is 6.07. The van der Waals surface area contributed by atoms with Gasteiger partial charge in [-0.3, -0.25) is 9.59 Å². The minimum absolute atomic E-state index is 0.00833. The van der Waals surface area contributed by atoms with E-state index in [-0.39, 0.29) is 18.2 Å². The topological polar surface area (TPSA) is 96.5 Å². The summed E-state index contributed by atoms with van der Waals surface area (Å²) in [5, 5.41) is 7.90. The molecule has 2 aromatic rings. The second-order valence-electron chi connectivity index (χ2n) is 6.07. The van der Waals surface area contributed by atoms with Crippen LogP contribution in [0.1, 0.15) is 23.5 Å². The maximum absolute atomic E-state index is 13.4. The monoisotopic (exact) mass is 371 g/mol. The minimum Gasteiger partial charge on any atom is -0.453 e. The Bertz CT molecular complexity index is 883. The molecule has 2 aromatic carbocycles. The van der Waals surface area contributed by atoms with E-state index in [2.05, 4.69) is 20.7 Å². The van der Waals surface area contributed by atoms with Crippen molar-refractivity contribution >= 4 is 29.3 Å². The molecular weight excluding hydrogens is 353 g/mol. The maximum atomic E-state index is 13.4. The van der Waals surface area contributed by atoms with Crippen LogP contribution in [0.5, 0.6) is 0 Å². The third kappa shape index (κ3) is 4.41. The number of halogens is 1. The molecular formula is C19H18FN3O4. The highest BCUT2D eigenvalue weighted by Gasteiger charge is 2.31. The molecule has 3 amide bonds. The summed E-state index contributed by atoms with van der Waals surface area (Å²) in [6, 6.07) is 10.9. The zero-order valence-electron chi connectivity index (χ0n) is 14.5. The fourth-order valence-electron chi connectivity index (χ4n) is 2.85. The molecule has 1 aliphatic heterocycles. The summed E-state index contributed by atoms with van der Waals surface area (Å²) in [6.07, 6.45) is -0.538. The Morgan fingerprint density at radius 2 is 1.96 bits per heavy atom. The molecule has 3 rings (SSSR count). The number of carbonyl (C=O) groups is 3. The Hall–Kier alpha value is -3.42. The lowest BCUT2D eigenvalue weighted by Gasteiger charge is -2.25. The lowest BCUT2D eigenvalue weighted by Crippen LogP contribution is -2.30. The Morgan fingerprint density at radius 3 is 2.67 bits per heavy atom.